The minimum Gasteiger partial charge on any atom is -0.373 e. The molecule has 0 aromatic heterocycles. The Bertz CT molecular complexity index is 458. The van der Waals surface area contributed by atoms with Gasteiger partial charge >= 0.3 is 0 Å². The number of hydrogen-bond donors (Lipinski definition) is 0. The van der Waals surface area contributed by atoms with Crippen molar-refractivity contribution in [2.45, 2.75) is 25.9 Å². The van der Waals surface area contributed by atoms with Crippen LogP contribution in [0.1, 0.15) is 25.3 Å². The van der Waals surface area contributed by atoms with Crippen LogP contribution < -0.4 is 0 Å². The molecule has 0 amide bonds. The van der Waals surface area contributed by atoms with Crippen molar-refractivity contribution >= 4 is 6.08 Å². The fourth-order valence-electron chi connectivity index (χ4n) is 3.00. The van der Waals surface area contributed by atoms with E-state index in [0.29, 0.717) is 5.92 Å². The Labute approximate surface area is 109 Å². The summed E-state index contributed by atoms with van der Waals surface area (Å²) in [4.78, 5) is 0. The Morgan fingerprint density at radius 3 is 2.89 bits per heavy atom. The summed E-state index contributed by atoms with van der Waals surface area (Å²) in [6.45, 7) is 3.17. The smallest absolute Gasteiger partial charge is 0.0824 e. The maximum absolute atomic E-state index is 6.01. The van der Waals surface area contributed by atoms with Crippen molar-refractivity contribution in [2.24, 2.45) is 11.8 Å². The molecule has 3 atom stereocenters. The quantitative estimate of drug-likeness (QED) is 0.708. The van der Waals surface area contributed by atoms with Crippen LogP contribution in [0.25, 0.3) is 6.08 Å². The Balaban J connectivity index is 1.75. The van der Waals surface area contributed by atoms with Gasteiger partial charge in [0.25, 0.3) is 0 Å². The number of allylic oxidation sites excluding steroid dienone is 1. The van der Waals surface area contributed by atoms with E-state index in [-0.39, 0.29) is 6.10 Å². The zero-order valence-corrected chi connectivity index (χ0v) is 10.9. The lowest BCUT2D eigenvalue weighted by molar-refractivity contribution is -0.0223. The van der Waals surface area contributed by atoms with E-state index in [4.69, 9.17) is 4.74 Å². The number of benzene rings is 1. The number of rotatable bonds is 2. The third-order valence-corrected chi connectivity index (χ3v) is 4.14. The summed E-state index contributed by atoms with van der Waals surface area (Å²) < 4.78 is 6.01. The molecule has 0 saturated carbocycles. The van der Waals surface area contributed by atoms with Gasteiger partial charge in [-0.15, -0.1) is 0 Å². The van der Waals surface area contributed by atoms with Gasteiger partial charge in [-0.25, -0.2) is 0 Å². The molecule has 1 aromatic rings. The lowest BCUT2D eigenvalue weighted by Crippen LogP contribution is -2.36. The van der Waals surface area contributed by atoms with Crippen molar-refractivity contribution in [1.29, 1.82) is 0 Å². The zero-order chi connectivity index (χ0) is 12.4. The zero-order valence-electron chi connectivity index (χ0n) is 10.9. The van der Waals surface area contributed by atoms with Crippen molar-refractivity contribution in [2.75, 3.05) is 6.61 Å². The SMILES string of the molecule is CC1=CC[C@@H]2CO[C@@H](/C=C/c3ccccc3)[C@H]1C2. The van der Waals surface area contributed by atoms with E-state index in [9.17, 15) is 0 Å². The van der Waals surface area contributed by atoms with Crippen molar-refractivity contribution in [1.82, 2.24) is 0 Å². The molecule has 3 rings (SSSR count). The summed E-state index contributed by atoms with van der Waals surface area (Å²) >= 11 is 0. The van der Waals surface area contributed by atoms with Gasteiger partial charge in [0.05, 0.1) is 12.7 Å². The van der Waals surface area contributed by atoms with Crippen LogP contribution in [-0.2, 0) is 4.74 Å². The molecule has 2 aliphatic rings. The Hall–Kier alpha value is -1.34. The molecule has 1 heterocycles. The topological polar surface area (TPSA) is 9.23 Å². The standard InChI is InChI=1S/C17H20O/c1-13-7-8-15-11-16(13)17(18-12-15)10-9-14-5-3-2-4-6-14/h2-7,9-10,15-17H,8,11-12H2,1H3/b10-9+/t15-,16-,17-/m0/s1. The summed E-state index contributed by atoms with van der Waals surface area (Å²) in [5, 5.41) is 0. The summed E-state index contributed by atoms with van der Waals surface area (Å²) in [6, 6.07) is 10.5. The average molecular weight is 240 g/mol. The van der Waals surface area contributed by atoms with Crippen LogP contribution in [-0.4, -0.2) is 12.7 Å². The minimum atomic E-state index is 0.262. The third kappa shape index (κ3) is 2.41. The molecule has 0 unspecified atom stereocenters. The normalized spacial score (nSPS) is 31.4. The van der Waals surface area contributed by atoms with Crippen molar-refractivity contribution in [3.63, 3.8) is 0 Å². The van der Waals surface area contributed by atoms with Crippen molar-refractivity contribution in [3.05, 3.63) is 53.6 Å². The molecule has 18 heavy (non-hydrogen) atoms. The molecule has 2 bridgehead atoms. The Kier molecular flexibility index (Phi) is 3.33. The Morgan fingerprint density at radius 1 is 1.22 bits per heavy atom. The first-order valence-corrected chi connectivity index (χ1v) is 6.84. The van der Waals surface area contributed by atoms with E-state index in [2.05, 4.69) is 49.4 Å². The first-order chi connectivity index (χ1) is 8.83. The molecule has 94 valence electrons. The monoisotopic (exact) mass is 240 g/mol. The fourth-order valence-corrected chi connectivity index (χ4v) is 3.00. The molecule has 1 nitrogen and oxygen atoms in total. The molecular weight excluding hydrogens is 220 g/mol. The van der Waals surface area contributed by atoms with Gasteiger partial charge in [-0.3, -0.25) is 0 Å². The van der Waals surface area contributed by atoms with Crippen LogP contribution in [0.4, 0.5) is 0 Å². The van der Waals surface area contributed by atoms with Gasteiger partial charge in [0, 0.05) is 5.92 Å². The van der Waals surface area contributed by atoms with E-state index in [1.54, 1.807) is 0 Å². The highest BCUT2D eigenvalue weighted by Crippen LogP contribution is 2.37. The maximum Gasteiger partial charge on any atom is 0.0824 e. The van der Waals surface area contributed by atoms with E-state index in [1.165, 1.54) is 24.0 Å². The van der Waals surface area contributed by atoms with Crippen molar-refractivity contribution in [3.8, 4) is 0 Å². The van der Waals surface area contributed by atoms with Crippen LogP contribution in [0, 0.1) is 11.8 Å². The molecule has 1 aliphatic carbocycles. The Morgan fingerprint density at radius 2 is 2.06 bits per heavy atom. The summed E-state index contributed by atoms with van der Waals surface area (Å²) in [7, 11) is 0. The van der Waals surface area contributed by atoms with Gasteiger partial charge in [0.15, 0.2) is 0 Å². The molecule has 0 radical (unpaired) electrons. The summed E-state index contributed by atoms with van der Waals surface area (Å²) in [5.41, 5.74) is 2.76. The van der Waals surface area contributed by atoms with Gasteiger partial charge < -0.3 is 4.74 Å². The average Bonchev–Trinajstić information content (AvgIpc) is 2.43. The minimum absolute atomic E-state index is 0.262. The first kappa shape index (κ1) is 11.7. The van der Waals surface area contributed by atoms with Gasteiger partial charge in [0.1, 0.15) is 0 Å². The first-order valence-electron chi connectivity index (χ1n) is 6.84. The second-order valence-electron chi connectivity index (χ2n) is 5.46. The van der Waals surface area contributed by atoms with Crippen molar-refractivity contribution < 1.29 is 4.74 Å². The molecule has 1 heteroatoms. The molecule has 0 N–H and O–H groups in total. The highest BCUT2D eigenvalue weighted by Gasteiger charge is 2.33. The van der Waals surface area contributed by atoms with Crippen LogP contribution in [0.15, 0.2) is 48.1 Å². The van der Waals surface area contributed by atoms with Gasteiger partial charge in [0.2, 0.25) is 0 Å². The van der Waals surface area contributed by atoms with Gasteiger partial charge in [-0.2, -0.15) is 0 Å². The maximum atomic E-state index is 6.01. The second kappa shape index (κ2) is 5.11. The van der Waals surface area contributed by atoms with Crippen LogP contribution in [0.5, 0.6) is 0 Å². The molecule has 1 aromatic carbocycles. The van der Waals surface area contributed by atoms with Gasteiger partial charge in [-0.1, -0.05) is 54.1 Å². The molecule has 1 fully saturated rings. The number of fused-ring (bicyclic) bond motifs is 2. The van der Waals surface area contributed by atoms with Crippen LogP contribution in [0.2, 0.25) is 0 Å². The lowest BCUT2D eigenvalue weighted by atomic mass is 9.77. The highest BCUT2D eigenvalue weighted by molar-refractivity contribution is 5.49. The molecular formula is C17H20O. The third-order valence-electron chi connectivity index (χ3n) is 4.14. The fraction of sp³-hybridized carbons (Fsp3) is 0.412. The van der Waals surface area contributed by atoms with Crippen LogP contribution >= 0.6 is 0 Å². The van der Waals surface area contributed by atoms with Gasteiger partial charge in [-0.05, 0) is 31.2 Å². The molecule has 1 aliphatic heterocycles. The largest absolute Gasteiger partial charge is 0.373 e. The second-order valence-corrected chi connectivity index (χ2v) is 5.46. The molecule has 0 spiro atoms. The molecule has 1 saturated heterocycles. The lowest BCUT2D eigenvalue weighted by Gasteiger charge is -2.38. The summed E-state index contributed by atoms with van der Waals surface area (Å²) in [5.74, 6) is 1.34. The number of hydrogen-bond acceptors (Lipinski definition) is 1. The number of ether oxygens (including phenoxy) is 1. The predicted molar refractivity (Wildman–Crippen MR) is 75.2 cm³/mol. The van der Waals surface area contributed by atoms with Crippen LogP contribution in [0.3, 0.4) is 0 Å². The van der Waals surface area contributed by atoms with E-state index < -0.39 is 0 Å². The van der Waals surface area contributed by atoms with E-state index in [1.807, 2.05) is 6.07 Å². The predicted octanol–water partition coefficient (Wildman–Crippen LogP) is 4.07. The van der Waals surface area contributed by atoms with E-state index >= 15 is 0 Å². The summed E-state index contributed by atoms with van der Waals surface area (Å²) in [6.07, 6.45) is 9.60. The van der Waals surface area contributed by atoms with E-state index in [0.717, 1.165) is 12.5 Å². The highest BCUT2D eigenvalue weighted by atomic mass is 16.5.